The molecule has 0 heterocycles. The molecule has 0 radical (unpaired) electrons. The molecular formula is C17H24FN3O5. The Morgan fingerprint density at radius 3 is 2.54 bits per heavy atom. The van der Waals surface area contributed by atoms with Crippen LogP contribution in [-0.4, -0.2) is 36.1 Å². The Labute approximate surface area is 151 Å². The number of nitro groups is 1. The van der Waals surface area contributed by atoms with E-state index in [2.05, 4.69) is 10.6 Å². The second-order valence-corrected chi connectivity index (χ2v) is 6.26. The number of alkyl carbamates (subject to hydrolysis) is 1. The minimum absolute atomic E-state index is 0.0825. The Balaban J connectivity index is 2.84. The third kappa shape index (κ3) is 6.30. The van der Waals surface area contributed by atoms with Gasteiger partial charge in [-0.2, -0.15) is 0 Å². The van der Waals surface area contributed by atoms with E-state index in [0.717, 1.165) is 12.1 Å². The average molecular weight is 369 g/mol. The molecule has 8 nitrogen and oxygen atoms in total. The van der Waals surface area contributed by atoms with Crippen LogP contribution in [0.25, 0.3) is 0 Å². The molecule has 0 saturated carbocycles. The van der Waals surface area contributed by atoms with Gasteiger partial charge in [0.05, 0.1) is 17.1 Å². The molecule has 0 aliphatic heterocycles. The average Bonchev–Trinajstić information content (AvgIpc) is 2.54. The van der Waals surface area contributed by atoms with Gasteiger partial charge in [0.2, 0.25) is 0 Å². The van der Waals surface area contributed by atoms with Gasteiger partial charge in [0.25, 0.3) is 11.6 Å². The molecule has 1 aromatic carbocycles. The summed E-state index contributed by atoms with van der Waals surface area (Å²) in [6.07, 6.45) is -0.00831. The Bertz CT molecular complexity index is 679. The fourth-order valence-corrected chi connectivity index (χ4v) is 2.40. The molecule has 2 amide bonds. The van der Waals surface area contributed by atoms with Gasteiger partial charge < -0.3 is 15.4 Å². The SMILES string of the molecule is CCOC(=O)NC(CNC(=O)c1cc(F)c(C)c([N+](=O)[O-])c1)CC(C)C. The van der Waals surface area contributed by atoms with E-state index in [9.17, 15) is 24.1 Å². The number of hydrogen-bond donors (Lipinski definition) is 2. The van der Waals surface area contributed by atoms with Crippen LogP contribution >= 0.6 is 0 Å². The largest absolute Gasteiger partial charge is 0.450 e. The third-order valence-corrected chi connectivity index (χ3v) is 3.64. The monoisotopic (exact) mass is 369 g/mol. The molecule has 0 bridgehead atoms. The summed E-state index contributed by atoms with van der Waals surface area (Å²) in [4.78, 5) is 34.0. The first kappa shape index (κ1) is 21.3. The molecule has 0 aromatic heterocycles. The van der Waals surface area contributed by atoms with E-state index in [0.29, 0.717) is 6.42 Å². The van der Waals surface area contributed by atoms with Crippen LogP contribution < -0.4 is 10.6 Å². The molecule has 1 rings (SSSR count). The molecule has 26 heavy (non-hydrogen) atoms. The lowest BCUT2D eigenvalue weighted by Crippen LogP contribution is -2.44. The van der Waals surface area contributed by atoms with Crippen LogP contribution in [0.1, 0.15) is 43.1 Å². The summed E-state index contributed by atoms with van der Waals surface area (Å²) in [5.74, 6) is -1.24. The Kier molecular flexibility index (Phi) is 7.95. The van der Waals surface area contributed by atoms with Crippen LogP contribution in [0.5, 0.6) is 0 Å². The van der Waals surface area contributed by atoms with Gasteiger partial charge >= 0.3 is 6.09 Å². The van der Waals surface area contributed by atoms with Crippen LogP contribution in [-0.2, 0) is 4.74 Å². The minimum Gasteiger partial charge on any atom is -0.450 e. The lowest BCUT2D eigenvalue weighted by Gasteiger charge is -2.20. The molecule has 1 aromatic rings. The second kappa shape index (κ2) is 9.69. The van der Waals surface area contributed by atoms with Crippen LogP contribution in [0, 0.1) is 28.8 Å². The van der Waals surface area contributed by atoms with Crippen molar-refractivity contribution in [3.63, 3.8) is 0 Å². The fourth-order valence-electron chi connectivity index (χ4n) is 2.40. The number of benzene rings is 1. The molecule has 0 saturated heterocycles. The van der Waals surface area contributed by atoms with Gasteiger partial charge in [-0.15, -0.1) is 0 Å². The molecule has 144 valence electrons. The first-order valence-corrected chi connectivity index (χ1v) is 8.31. The highest BCUT2D eigenvalue weighted by Crippen LogP contribution is 2.22. The summed E-state index contributed by atoms with van der Waals surface area (Å²) in [6, 6.07) is 1.60. The summed E-state index contributed by atoms with van der Waals surface area (Å²) in [7, 11) is 0. The van der Waals surface area contributed by atoms with Gasteiger partial charge in [0.15, 0.2) is 0 Å². The van der Waals surface area contributed by atoms with E-state index < -0.39 is 28.4 Å². The Morgan fingerprint density at radius 2 is 2.00 bits per heavy atom. The Hall–Kier alpha value is -2.71. The fraction of sp³-hybridized carbons (Fsp3) is 0.529. The van der Waals surface area contributed by atoms with Crippen LogP contribution in [0.4, 0.5) is 14.9 Å². The normalized spacial score (nSPS) is 11.8. The third-order valence-electron chi connectivity index (χ3n) is 3.64. The number of nitrogens with one attached hydrogen (secondary N) is 2. The Morgan fingerprint density at radius 1 is 1.35 bits per heavy atom. The smallest absolute Gasteiger partial charge is 0.407 e. The summed E-state index contributed by atoms with van der Waals surface area (Å²) < 4.78 is 18.7. The second-order valence-electron chi connectivity index (χ2n) is 6.26. The van der Waals surface area contributed by atoms with Crippen molar-refractivity contribution in [2.24, 2.45) is 5.92 Å². The zero-order chi connectivity index (χ0) is 19.9. The number of carbonyl (C=O) groups excluding carboxylic acids is 2. The molecule has 2 N–H and O–H groups in total. The van der Waals surface area contributed by atoms with Gasteiger partial charge in [0, 0.05) is 24.2 Å². The maximum absolute atomic E-state index is 13.8. The van der Waals surface area contributed by atoms with Gasteiger partial charge in [0.1, 0.15) is 5.82 Å². The summed E-state index contributed by atoms with van der Waals surface area (Å²) in [5.41, 5.74) is -0.744. The first-order chi connectivity index (χ1) is 12.1. The zero-order valence-corrected chi connectivity index (χ0v) is 15.3. The van der Waals surface area contributed by atoms with E-state index in [4.69, 9.17) is 4.74 Å². The molecule has 0 spiro atoms. The highest BCUT2D eigenvalue weighted by molar-refractivity contribution is 5.95. The molecule has 9 heteroatoms. The lowest BCUT2D eigenvalue weighted by atomic mass is 10.0. The minimum atomic E-state index is -0.826. The molecule has 0 fully saturated rings. The number of halogens is 1. The summed E-state index contributed by atoms with van der Waals surface area (Å²) in [6.45, 7) is 7.17. The van der Waals surface area contributed by atoms with Crippen molar-refractivity contribution in [3.05, 3.63) is 39.2 Å². The van der Waals surface area contributed by atoms with Crippen LogP contribution in [0.15, 0.2) is 12.1 Å². The molecule has 1 unspecified atom stereocenters. The molecule has 1 atom stereocenters. The van der Waals surface area contributed by atoms with Crippen molar-refractivity contribution < 1.29 is 23.6 Å². The van der Waals surface area contributed by atoms with Crippen LogP contribution in [0.3, 0.4) is 0 Å². The number of amides is 2. The van der Waals surface area contributed by atoms with Crippen molar-refractivity contribution in [1.82, 2.24) is 10.6 Å². The summed E-state index contributed by atoms with van der Waals surface area (Å²) in [5, 5.41) is 16.2. The maximum Gasteiger partial charge on any atom is 0.407 e. The highest BCUT2D eigenvalue weighted by atomic mass is 19.1. The zero-order valence-electron chi connectivity index (χ0n) is 15.3. The van der Waals surface area contributed by atoms with E-state index in [1.165, 1.54) is 6.92 Å². The highest BCUT2D eigenvalue weighted by Gasteiger charge is 2.21. The van der Waals surface area contributed by atoms with Crippen molar-refractivity contribution in [3.8, 4) is 0 Å². The predicted molar refractivity (Wildman–Crippen MR) is 93.5 cm³/mol. The van der Waals surface area contributed by atoms with Gasteiger partial charge in [-0.25, -0.2) is 9.18 Å². The first-order valence-electron chi connectivity index (χ1n) is 8.31. The topological polar surface area (TPSA) is 111 Å². The number of hydrogen-bond acceptors (Lipinski definition) is 5. The molecule has 0 aliphatic rings. The molecular weight excluding hydrogens is 345 g/mol. The van der Waals surface area contributed by atoms with Gasteiger partial charge in [-0.05, 0) is 32.3 Å². The number of carbonyl (C=O) groups is 2. The van der Waals surface area contributed by atoms with E-state index in [-0.39, 0.29) is 36.2 Å². The maximum atomic E-state index is 13.8. The quantitative estimate of drug-likeness (QED) is 0.541. The number of rotatable bonds is 8. The van der Waals surface area contributed by atoms with Crippen molar-refractivity contribution in [2.45, 2.75) is 40.2 Å². The van der Waals surface area contributed by atoms with Crippen molar-refractivity contribution in [2.75, 3.05) is 13.2 Å². The molecule has 0 aliphatic carbocycles. The number of nitro benzene ring substituents is 1. The van der Waals surface area contributed by atoms with Gasteiger partial charge in [-0.3, -0.25) is 14.9 Å². The van der Waals surface area contributed by atoms with Crippen molar-refractivity contribution in [1.29, 1.82) is 0 Å². The number of ether oxygens (including phenoxy) is 1. The number of nitrogens with zero attached hydrogens (tertiary/aromatic N) is 1. The summed E-state index contributed by atoms with van der Waals surface area (Å²) >= 11 is 0. The van der Waals surface area contributed by atoms with E-state index in [1.54, 1.807) is 6.92 Å². The van der Waals surface area contributed by atoms with Crippen molar-refractivity contribution >= 4 is 17.7 Å². The van der Waals surface area contributed by atoms with E-state index >= 15 is 0 Å². The standard InChI is InChI=1S/C17H24FN3O5/c1-5-26-17(23)20-13(6-10(2)3)9-19-16(22)12-7-14(18)11(4)15(8-12)21(24)25/h7-8,10,13H,5-6,9H2,1-4H3,(H,19,22)(H,20,23). The van der Waals surface area contributed by atoms with Gasteiger partial charge in [-0.1, -0.05) is 13.8 Å². The van der Waals surface area contributed by atoms with E-state index in [1.807, 2.05) is 13.8 Å². The predicted octanol–water partition coefficient (Wildman–Crippen LogP) is 2.93. The lowest BCUT2D eigenvalue weighted by molar-refractivity contribution is -0.385. The van der Waals surface area contributed by atoms with Crippen LogP contribution in [0.2, 0.25) is 0 Å².